The molecule has 0 atom stereocenters. The van der Waals surface area contributed by atoms with Crippen LogP contribution in [-0.4, -0.2) is 50.2 Å². The van der Waals surface area contributed by atoms with Gasteiger partial charge in [0.25, 0.3) is 0 Å². The lowest BCUT2D eigenvalue weighted by molar-refractivity contribution is -0.123. The summed E-state index contributed by atoms with van der Waals surface area (Å²) in [5.74, 6) is 0.103. The largest absolute Gasteiger partial charge is 0.380 e. The van der Waals surface area contributed by atoms with Crippen LogP contribution in [0.1, 0.15) is 93.9 Å². The average Bonchev–Trinajstić information content (AvgIpc) is 2.55. The molecule has 29 heavy (non-hydrogen) atoms. The molecule has 0 saturated carbocycles. The second-order valence-corrected chi connectivity index (χ2v) is 9.71. The number of carbonyl (C=O) groups is 2. The highest BCUT2D eigenvalue weighted by Gasteiger charge is 2.09. The Morgan fingerprint density at radius 3 is 1.79 bits per heavy atom. The minimum atomic E-state index is 0. The molecule has 0 saturated heterocycles. The van der Waals surface area contributed by atoms with Crippen LogP contribution in [0.25, 0.3) is 0 Å². The molecule has 0 radical (unpaired) electrons. The Labute approximate surface area is 180 Å². The fourth-order valence-electron chi connectivity index (χ4n) is 2.60. The summed E-state index contributed by atoms with van der Waals surface area (Å²) >= 11 is 0. The van der Waals surface area contributed by atoms with Crippen molar-refractivity contribution in [3.63, 3.8) is 0 Å². The van der Waals surface area contributed by atoms with Gasteiger partial charge in [-0.05, 0) is 64.8 Å². The zero-order valence-corrected chi connectivity index (χ0v) is 19.2. The van der Waals surface area contributed by atoms with E-state index in [4.69, 9.17) is 4.74 Å². The molecule has 0 rings (SSSR count). The van der Waals surface area contributed by atoms with E-state index in [1.165, 1.54) is 0 Å². The Morgan fingerprint density at radius 2 is 1.28 bits per heavy atom. The van der Waals surface area contributed by atoms with E-state index in [9.17, 15) is 9.59 Å². The first-order valence-electron chi connectivity index (χ1n) is 10.9. The highest BCUT2D eigenvalue weighted by Crippen LogP contribution is 2.20. The van der Waals surface area contributed by atoms with Crippen LogP contribution in [0.3, 0.4) is 0 Å². The monoisotopic (exact) mass is 415 g/mol. The number of carbonyl (C=O) groups excluding carboxylic acids is 2. The van der Waals surface area contributed by atoms with Crippen molar-refractivity contribution < 1.29 is 14.3 Å². The summed E-state index contributed by atoms with van der Waals surface area (Å²) in [5, 5.41) is 9.19. The lowest BCUT2D eigenvalue weighted by atomic mass is 9.91. The van der Waals surface area contributed by atoms with E-state index in [0.29, 0.717) is 38.0 Å². The maximum atomic E-state index is 11.8. The lowest BCUT2D eigenvalue weighted by Gasteiger charge is -2.20. The van der Waals surface area contributed by atoms with Gasteiger partial charge in [0.2, 0.25) is 11.8 Å². The summed E-state index contributed by atoms with van der Waals surface area (Å²) in [7, 11) is 0. The Kier molecular flexibility index (Phi) is 17.2. The second kappa shape index (κ2) is 16.6. The molecule has 0 aromatic carbocycles. The van der Waals surface area contributed by atoms with Crippen LogP contribution in [-0.2, 0) is 14.3 Å². The lowest BCUT2D eigenvalue weighted by Crippen LogP contribution is -2.37. The van der Waals surface area contributed by atoms with Gasteiger partial charge in [-0.3, -0.25) is 9.59 Å². The van der Waals surface area contributed by atoms with Gasteiger partial charge >= 0.3 is 0 Å². The Morgan fingerprint density at radius 1 is 0.724 bits per heavy atom. The molecule has 3 N–H and O–H groups in total. The smallest absolute Gasteiger partial charge is 0.220 e. The van der Waals surface area contributed by atoms with Crippen LogP contribution in [0.15, 0.2) is 0 Å². The van der Waals surface area contributed by atoms with E-state index in [1.807, 2.05) is 0 Å². The molecule has 0 fully saturated rings. The second-order valence-electron chi connectivity index (χ2n) is 9.71. The third-order valence-corrected chi connectivity index (χ3v) is 4.17. The van der Waals surface area contributed by atoms with Crippen LogP contribution in [0.4, 0.5) is 0 Å². The first kappa shape index (κ1) is 30.1. The number of nitrogens with one attached hydrogen (secondary N) is 3. The first-order chi connectivity index (χ1) is 13.0. The highest BCUT2D eigenvalue weighted by atomic mass is 16.5. The van der Waals surface area contributed by atoms with Crippen molar-refractivity contribution in [1.29, 1.82) is 0 Å². The van der Waals surface area contributed by atoms with Gasteiger partial charge in [-0.15, -0.1) is 0 Å². The minimum absolute atomic E-state index is 0. The van der Waals surface area contributed by atoms with E-state index in [0.717, 1.165) is 45.3 Å². The predicted octanol–water partition coefficient (Wildman–Crippen LogP) is 4.04. The molecular weight excluding hydrogens is 366 g/mol. The van der Waals surface area contributed by atoms with Gasteiger partial charge in [0.1, 0.15) is 0 Å². The quantitative estimate of drug-likeness (QED) is 0.353. The van der Waals surface area contributed by atoms with Crippen molar-refractivity contribution in [1.82, 2.24) is 16.0 Å². The molecule has 0 aromatic heterocycles. The molecule has 0 aliphatic rings. The molecule has 0 bridgehead atoms. The number of rotatable bonds is 15. The molecule has 174 valence electrons. The van der Waals surface area contributed by atoms with Crippen molar-refractivity contribution in [2.45, 2.75) is 99.5 Å². The van der Waals surface area contributed by atoms with Crippen molar-refractivity contribution in [2.75, 3.05) is 32.8 Å². The molecule has 6 heteroatoms. The Hall–Kier alpha value is -1.14. The number of amides is 2. The van der Waals surface area contributed by atoms with Crippen molar-refractivity contribution >= 4 is 11.8 Å². The van der Waals surface area contributed by atoms with Gasteiger partial charge in [-0.25, -0.2) is 0 Å². The SMILES string of the molecule is C.CC(C)(C)CCCOCCNC(=O)CCCCC(=O)NCCCNC(C)(C)C. The summed E-state index contributed by atoms with van der Waals surface area (Å²) in [6, 6.07) is 0. The summed E-state index contributed by atoms with van der Waals surface area (Å²) in [4.78, 5) is 23.5. The average molecular weight is 416 g/mol. The third kappa shape index (κ3) is 24.8. The van der Waals surface area contributed by atoms with Crippen LogP contribution in [0.2, 0.25) is 0 Å². The Bertz CT molecular complexity index is 426. The van der Waals surface area contributed by atoms with Gasteiger partial charge < -0.3 is 20.7 Å². The molecule has 0 aromatic rings. The first-order valence-corrected chi connectivity index (χ1v) is 10.9. The van der Waals surface area contributed by atoms with E-state index in [1.54, 1.807) is 0 Å². The van der Waals surface area contributed by atoms with E-state index < -0.39 is 0 Å². The van der Waals surface area contributed by atoms with E-state index >= 15 is 0 Å². The van der Waals surface area contributed by atoms with Gasteiger partial charge in [-0.1, -0.05) is 28.2 Å². The molecule has 0 aliphatic carbocycles. The van der Waals surface area contributed by atoms with Crippen LogP contribution >= 0.6 is 0 Å². The van der Waals surface area contributed by atoms with Crippen molar-refractivity contribution in [3.05, 3.63) is 0 Å². The topological polar surface area (TPSA) is 79.5 Å². The molecular formula is C23H49N3O3. The van der Waals surface area contributed by atoms with Gasteiger partial charge in [0, 0.05) is 38.1 Å². The van der Waals surface area contributed by atoms with Crippen LogP contribution < -0.4 is 16.0 Å². The molecule has 0 heterocycles. The summed E-state index contributed by atoms with van der Waals surface area (Å²) in [6.07, 6.45) is 5.53. The summed E-state index contributed by atoms with van der Waals surface area (Å²) < 4.78 is 5.54. The highest BCUT2D eigenvalue weighted by molar-refractivity contribution is 5.77. The molecule has 2 amide bonds. The van der Waals surface area contributed by atoms with Crippen molar-refractivity contribution in [3.8, 4) is 0 Å². The molecule has 0 spiro atoms. The number of hydrogen-bond acceptors (Lipinski definition) is 4. The standard InChI is InChI=1S/C22H45N3O3.CH4/c1-21(2,3)13-9-17-28-18-16-24-20(27)12-8-7-11-19(26)23-14-10-15-25-22(4,5)6;/h25H,7-18H2,1-6H3,(H,23,26)(H,24,27);1H4. The van der Waals surface area contributed by atoms with Gasteiger partial charge in [0.05, 0.1) is 6.61 Å². The third-order valence-electron chi connectivity index (χ3n) is 4.17. The zero-order valence-electron chi connectivity index (χ0n) is 19.2. The predicted molar refractivity (Wildman–Crippen MR) is 123 cm³/mol. The normalized spacial score (nSPS) is 11.7. The maximum absolute atomic E-state index is 11.8. The van der Waals surface area contributed by atoms with E-state index in [-0.39, 0.29) is 24.8 Å². The van der Waals surface area contributed by atoms with Gasteiger partial charge in [-0.2, -0.15) is 0 Å². The molecule has 6 nitrogen and oxygen atoms in total. The summed E-state index contributed by atoms with van der Waals surface area (Å²) in [6.45, 7) is 16.5. The van der Waals surface area contributed by atoms with Crippen LogP contribution in [0, 0.1) is 5.41 Å². The number of ether oxygens (including phenoxy) is 1. The number of unbranched alkanes of at least 4 members (excludes halogenated alkanes) is 1. The molecule has 0 aliphatic heterocycles. The molecule has 0 unspecified atom stereocenters. The maximum Gasteiger partial charge on any atom is 0.220 e. The Balaban J connectivity index is 0. The number of hydrogen-bond donors (Lipinski definition) is 3. The van der Waals surface area contributed by atoms with Crippen LogP contribution in [0.5, 0.6) is 0 Å². The van der Waals surface area contributed by atoms with Gasteiger partial charge in [0.15, 0.2) is 0 Å². The zero-order chi connectivity index (χ0) is 21.5. The fourth-order valence-corrected chi connectivity index (χ4v) is 2.60. The van der Waals surface area contributed by atoms with Crippen molar-refractivity contribution in [2.24, 2.45) is 5.41 Å². The minimum Gasteiger partial charge on any atom is -0.380 e. The summed E-state index contributed by atoms with van der Waals surface area (Å²) in [5.41, 5.74) is 0.459. The van der Waals surface area contributed by atoms with E-state index in [2.05, 4.69) is 57.5 Å². The fraction of sp³-hybridized carbons (Fsp3) is 0.913.